The van der Waals surface area contributed by atoms with Gasteiger partial charge in [-0.2, -0.15) is 8.78 Å². The molecular formula is C13H14F2N2O5S. The number of aromatic nitrogens is 1. The molecule has 126 valence electrons. The van der Waals surface area contributed by atoms with Gasteiger partial charge in [0, 0.05) is 6.07 Å². The minimum absolute atomic E-state index is 0.0291. The van der Waals surface area contributed by atoms with Crippen LogP contribution in [0.5, 0.6) is 11.5 Å². The molecule has 2 aromatic rings. The molecule has 1 heterocycles. The van der Waals surface area contributed by atoms with Gasteiger partial charge in [-0.1, -0.05) is 5.16 Å². The summed E-state index contributed by atoms with van der Waals surface area (Å²) in [4.78, 5) is -0.107. The maximum Gasteiger partial charge on any atom is 0.387 e. The molecule has 0 atom stereocenters. The van der Waals surface area contributed by atoms with Crippen LogP contribution in [0.25, 0.3) is 0 Å². The van der Waals surface area contributed by atoms with Gasteiger partial charge in [0.15, 0.2) is 22.2 Å². The Labute approximate surface area is 131 Å². The Morgan fingerprint density at radius 3 is 2.48 bits per heavy atom. The summed E-state index contributed by atoms with van der Waals surface area (Å²) in [5.74, 6) is -0.125. The lowest BCUT2D eigenvalue weighted by Gasteiger charge is -2.13. The predicted octanol–water partition coefficient (Wildman–Crippen LogP) is 2.70. The first-order valence-corrected chi connectivity index (χ1v) is 7.81. The van der Waals surface area contributed by atoms with Crippen LogP contribution in [0.4, 0.5) is 14.5 Å². The van der Waals surface area contributed by atoms with Gasteiger partial charge in [0.2, 0.25) is 0 Å². The molecule has 2 rings (SSSR count). The Kier molecular flexibility index (Phi) is 4.73. The van der Waals surface area contributed by atoms with Crippen LogP contribution >= 0.6 is 0 Å². The third-order valence-corrected chi connectivity index (χ3v) is 4.49. The van der Waals surface area contributed by atoms with Gasteiger partial charge in [0.1, 0.15) is 5.69 Å². The van der Waals surface area contributed by atoms with Crippen molar-refractivity contribution >= 4 is 15.7 Å². The lowest BCUT2D eigenvalue weighted by molar-refractivity contribution is -0.0511. The number of sulfonamides is 1. The topological polar surface area (TPSA) is 90.7 Å². The lowest BCUT2D eigenvalue weighted by atomic mass is 10.3. The van der Waals surface area contributed by atoms with Crippen LogP contribution in [0.1, 0.15) is 11.5 Å². The van der Waals surface area contributed by atoms with E-state index in [1.165, 1.54) is 33.1 Å². The maximum atomic E-state index is 12.4. The number of nitrogens with zero attached hydrogens (tertiary/aromatic N) is 1. The van der Waals surface area contributed by atoms with Crippen molar-refractivity contribution in [2.24, 2.45) is 0 Å². The minimum Gasteiger partial charge on any atom is -0.493 e. The highest BCUT2D eigenvalue weighted by atomic mass is 32.2. The van der Waals surface area contributed by atoms with E-state index in [0.717, 1.165) is 6.07 Å². The van der Waals surface area contributed by atoms with E-state index < -0.39 is 16.6 Å². The molecule has 0 saturated heterocycles. The van der Waals surface area contributed by atoms with E-state index in [-0.39, 0.29) is 33.5 Å². The molecule has 0 saturated carbocycles. The van der Waals surface area contributed by atoms with Gasteiger partial charge in [-0.05, 0) is 26.0 Å². The molecule has 23 heavy (non-hydrogen) atoms. The minimum atomic E-state index is -3.99. The zero-order valence-electron chi connectivity index (χ0n) is 12.5. The number of anilines is 1. The lowest BCUT2D eigenvalue weighted by Crippen LogP contribution is -2.14. The van der Waals surface area contributed by atoms with E-state index in [0.29, 0.717) is 0 Å². The molecule has 1 aromatic carbocycles. The molecule has 1 N–H and O–H groups in total. The monoisotopic (exact) mass is 348 g/mol. The van der Waals surface area contributed by atoms with Gasteiger partial charge in [-0.3, -0.25) is 4.72 Å². The first-order chi connectivity index (χ1) is 10.7. The third-order valence-electron chi connectivity index (χ3n) is 2.87. The molecular weight excluding hydrogens is 334 g/mol. The number of ether oxygens (including phenoxy) is 2. The van der Waals surface area contributed by atoms with Gasteiger partial charge in [-0.25, -0.2) is 8.42 Å². The number of hydrogen-bond acceptors (Lipinski definition) is 6. The van der Waals surface area contributed by atoms with Gasteiger partial charge < -0.3 is 14.0 Å². The molecule has 0 spiro atoms. The summed E-state index contributed by atoms with van der Waals surface area (Å²) in [6.45, 7) is -0.142. The Bertz CT molecular complexity index is 785. The van der Waals surface area contributed by atoms with Crippen molar-refractivity contribution in [3.05, 3.63) is 29.7 Å². The summed E-state index contributed by atoms with van der Waals surface area (Å²) in [5, 5.41) is 3.57. The van der Waals surface area contributed by atoms with Crippen molar-refractivity contribution in [1.82, 2.24) is 5.16 Å². The van der Waals surface area contributed by atoms with Crippen LogP contribution in [-0.2, 0) is 10.0 Å². The van der Waals surface area contributed by atoms with E-state index in [2.05, 4.69) is 14.6 Å². The fourth-order valence-corrected chi connectivity index (χ4v) is 3.37. The molecule has 0 aliphatic rings. The molecule has 0 unspecified atom stereocenters. The number of rotatable bonds is 6. The normalized spacial score (nSPS) is 11.6. The molecule has 0 aliphatic carbocycles. The number of aryl methyl sites for hydroxylation is 2. The Hall–Kier alpha value is -2.36. The summed E-state index contributed by atoms with van der Waals surface area (Å²) in [7, 11) is -2.71. The van der Waals surface area contributed by atoms with Crippen molar-refractivity contribution in [2.75, 3.05) is 11.8 Å². The van der Waals surface area contributed by atoms with E-state index in [9.17, 15) is 17.2 Å². The smallest absolute Gasteiger partial charge is 0.387 e. The fraction of sp³-hybridized carbons (Fsp3) is 0.308. The van der Waals surface area contributed by atoms with Crippen molar-refractivity contribution in [3.8, 4) is 11.5 Å². The number of hydrogen-bond donors (Lipinski definition) is 1. The van der Waals surface area contributed by atoms with Crippen molar-refractivity contribution in [2.45, 2.75) is 25.4 Å². The van der Waals surface area contributed by atoms with Crippen LogP contribution in [0.15, 0.2) is 27.6 Å². The molecule has 1 aromatic heterocycles. The highest BCUT2D eigenvalue weighted by molar-refractivity contribution is 7.92. The van der Waals surface area contributed by atoms with Crippen LogP contribution in [0, 0.1) is 13.8 Å². The highest BCUT2D eigenvalue weighted by Gasteiger charge is 2.24. The third kappa shape index (κ3) is 3.70. The summed E-state index contributed by atoms with van der Waals surface area (Å²) >= 11 is 0. The van der Waals surface area contributed by atoms with Gasteiger partial charge in [0.05, 0.1) is 12.8 Å². The number of methoxy groups -OCH3 is 1. The second kappa shape index (κ2) is 6.41. The summed E-state index contributed by atoms with van der Waals surface area (Å²) < 4.78 is 65.8. The molecule has 7 nitrogen and oxygen atoms in total. The molecule has 0 bridgehead atoms. The number of halogens is 2. The first kappa shape index (κ1) is 17.0. The van der Waals surface area contributed by atoms with E-state index in [1.54, 1.807) is 0 Å². The first-order valence-electron chi connectivity index (χ1n) is 6.33. The highest BCUT2D eigenvalue weighted by Crippen LogP contribution is 2.32. The average molecular weight is 348 g/mol. The maximum absolute atomic E-state index is 12.4. The predicted molar refractivity (Wildman–Crippen MR) is 76.4 cm³/mol. The Morgan fingerprint density at radius 2 is 1.96 bits per heavy atom. The number of benzene rings is 1. The Morgan fingerprint density at radius 1 is 1.26 bits per heavy atom. The zero-order chi connectivity index (χ0) is 17.2. The average Bonchev–Trinajstić information content (AvgIpc) is 2.78. The van der Waals surface area contributed by atoms with E-state index in [4.69, 9.17) is 9.26 Å². The van der Waals surface area contributed by atoms with E-state index >= 15 is 0 Å². The fourth-order valence-electron chi connectivity index (χ4n) is 1.99. The standard InChI is InChI=1S/C13H14F2N2O5S/c1-7-12(8(2)22-16-7)23(18,19)17-9-4-5-10(20-3)11(6-9)21-13(14)15/h4-6,13,17H,1-3H3. The largest absolute Gasteiger partial charge is 0.493 e. The van der Waals surface area contributed by atoms with Crippen LogP contribution in [0.3, 0.4) is 0 Å². The van der Waals surface area contributed by atoms with Crippen LogP contribution < -0.4 is 14.2 Å². The Balaban J connectivity index is 2.36. The number of nitrogens with one attached hydrogen (secondary N) is 1. The van der Waals surface area contributed by atoms with Gasteiger partial charge in [0.25, 0.3) is 10.0 Å². The summed E-state index contributed by atoms with van der Waals surface area (Å²) in [5.41, 5.74) is 0.217. The summed E-state index contributed by atoms with van der Waals surface area (Å²) in [6.07, 6.45) is 0. The molecule has 0 aliphatic heterocycles. The summed E-state index contributed by atoms with van der Waals surface area (Å²) in [6, 6.07) is 3.76. The van der Waals surface area contributed by atoms with Crippen LogP contribution in [0.2, 0.25) is 0 Å². The van der Waals surface area contributed by atoms with Crippen molar-refractivity contribution in [3.63, 3.8) is 0 Å². The van der Waals surface area contributed by atoms with Gasteiger partial charge in [-0.15, -0.1) is 0 Å². The number of alkyl halides is 2. The van der Waals surface area contributed by atoms with Gasteiger partial charge >= 0.3 is 6.61 Å². The van der Waals surface area contributed by atoms with Crippen LogP contribution in [-0.4, -0.2) is 27.3 Å². The quantitative estimate of drug-likeness (QED) is 0.863. The van der Waals surface area contributed by atoms with E-state index in [1.807, 2.05) is 0 Å². The molecule has 10 heteroatoms. The van der Waals surface area contributed by atoms with Crippen molar-refractivity contribution in [1.29, 1.82) is 0 Å². The zero-order valence-corrected chi connectivity index (χ0v) is 13.3. The second-order valence-electron chi connectivity index (χ2n) is 4.50. The molecule has 0 fully saturated rings. The van der Waals surface area contributed by atoms with Crippen molar-refractivity contribution < 1.29 is 31.2 Å². The molecule has 0 radical (unpaired) electrons. The SMILES string of the molecule is COc1ccc(NS(=O)(=O)c2c(C)noc2C)cc1OC(F)F. The second-order valence-corrected chi connectivity index (χ2v) is 6.12. The molecule has 0 amide bonds.